The number of hydrogen-bond acceptors (Lipinski definition) is 4. The van der Waals surface area contributed by atoms with Crippen LogP contribution in [0.3, 0.4) is 0 Å². The summed E-state index contributed by atoms with van der Waals surface area (Å²) in [5.41, 5.74) is 1.02. The SMILES string of the molecule is CCC(=O)Oc1cccc(CO)c1COc1cc(C)c(C)cc1C(F)(F)F. The lowest BCUT2D eigenvalue weighted by atomic mass is 10.0. The maximum absolute atomic E-state index is 13.3. The molecule has 2 rings (SSSR count). The van der Waals surface area contributed by atoms with Crippen LogP contribution in [0, 0.1) is 13.8 Å². The van der Waals surface area contributed by atoms with E-state index in [0.717, 1.165) is 6.07 Å². The molecule has 0 atom stereocenters. The molecule has 0 aromatic heterocycles. The summed E-state index contributed by atoms with van der Waals surface area (Å²) in [4.78, 5) is 11.6. The highest BCUT2D eigenvalue weighted by Gasteiger charge is 2.35. The van der Waals surface area contributed by atoms with Crippen LogP contribution < -0.4 is 9.47 Å². The van der Waals surface area contributed by atoms with Gasteiger partial charge in [-0.15, -0.1) is 0 Å². The van der Waals surface area contributed by atoms with Gasteiger partial charge in [0.05, 0.1) is 12.2 Å². The number of aliphatic hydroxyl groups excluding tert-OH is 1. The molecule has 2 aromatic carbocycles. The van der Waals surface area contributed by atoms with Crippen LogP contribution in [0.15, 0.2) is 30.3 Å². The summed E-state index contributed by atoms with van der Waals surface area (Å²) in [6.45, 7) is 4.26. The average molecular weight is 382 g/mol. The van der Waals surface area contributed by atoms with E-state index in [-0.39, 0.29) is 31.1 Å². The summed E-state index contributed by atoms with van der Waals surface area (Å²) in [5.74, 6) is -0.648. The van der Waals surface area contributed by atoms with Crippen molar-refractivity contribution >= 4 is 5.97 Å². The molecule has 0 radical (unpaired) electrons. The van der Waals surface area contributed by atoms with Crippen LogP contribution >= 0.6 is 0 Å². The number of aliphatic hydroxyl groups is 1. The fourth-order valence-corrected chi connectivity index (χ4v) is 2.49. The first-order valence-electron chi connectivity index (χ1n) is 8.40. The zero-order valence-electron chi connectivity index (χ0n) is 15.3. The number of hydrogen-bond donors (Lipinski definition) is 1. The largest absolute Gasteiger partial charge is 0.488 e. The summed E-state index contributed by atoms with van der Waals surface area (Å²) >= 11 is 0. The average Bonchev–Trinajstić information content (AvgIpc) is 2.61. The third kappa shape index (κ3) is 5.01. The molecule has 146 valence electrons. The molecule has 0 aliphatic carbocycles. The topological polar surface area (TPSA) is 55.8 Å². The number of esters is 1. The Morgan fingerprint density at radius 3 is 2.37 bits per heavy atom. The predicted octanol–water partition coefficient (Wildman–Crippen LogP) is 4.71. The number of aryl methyl sites for hydroxylation is 2. The molecule has 0 heterocycles. The van der Waals surface area contributed by atoms with E-state index >= 15 is 0 Å². The van der Waals surface area contributed by atoms with Crippen molar-refractivity contribution in [3.63, 3.8) is 0 Å². The van der Waals surface area contributed by atoms with Gasteiger partial charge >= 0.3 is 12.1 Å². The molecule has 0 amide bonds. The van der Waals surface area contributed by atoms with Gasteiger partial charge in [0.25, 0.3) is 0 Å². The lowest BCUT2D eigenvalue weighted by Gasteiger charge is -2.18. The number of carbonyl (C=O) groups is 1. The lowest BCUT2D eigenvalue weighted by Crippen LogP contribution is -2.12. The van der Waals surface area contributed by atoms with Gasteiger partial charge in [0.15, 0.2) is 0 Å². The van der Waals surface area contributed by atoms with Crippen LogP contribution in [0.5, 0.6) is 11.5 Å². The number of halogens is 3. The molecular formula is C20H21F3O4. The second-order valence-corrected chi connectivity index (χ2v) is 6.10. The van der Waals surface area contributed by atoms with Gasteiger partial charge in [0.1, 0.15) is 18.1 Å². The Hall–Kier alpha value is -2.54. The molecule has 4 nitrogen and oxygen atoms in total. The van der Waals surface area contributed by atoms with E-state index in [0.29, 0.717) is 22.3 Å². The summed E-state index contributed by atoms with van der Waals surface area (Å²) in [5, 5.41) is 9.52. The van der Waals surface area contributed by atoms with Gasteiger partial charge in [0.2, 0.25) is 0 Å². The molecule has 7 heteroatoms. The van der Waals surface area contributed by atoms with Gasteiger partial charge in [0, 0.05) is 12.0 Å². The minimum atomic E-state index is -4.57. The van der Waals surface area contributed by atoms with Gasteiger partial charge in [-0.3, -0.25) is 4.79 Å². The Bertz CT molecular complexity index is 829. The zero-order chi connectivity index (χ0) is 20.2. The molecule has 0 aliphatic rings. The second-order valence-electron chi connectivity index (χ2n) is 6.10. The summed E-state index contributed by atoms with van der Waals surface area (Å²) < 4.78 is 50.7. The smallest absolute Gasteiger partial charge is 0.419 e. The van der Waals surface area contributed by atoms with E-state index in [4.69, 9.17) is 9.47 Å². The first-order valence-corrected chi connectivity index (χ1v) is 8.40. The molecule has 2 aromatic rings. The van der Waals surface area contributed by atoms with Gasteiger partial charge < -0.3 is 14.6 Å². The molecule has 27 heavy (non-hydrogen) atoms. The van der Waals surface area contributed by atoms with Crippen LogP contribution in [-0.4, -0.2) is 11.1 Å². The van der Waals surface area contributed by atoms with Crippen molar-refractivity contribution in [2.24, 2.45) is 0 Å². The fourth-order valence-electron chi connectivity index (χ4n) is 2.49. The van der Waals surface area contributed by atoms with E-state index in [9.17, 15) is 23.1 Å². The Morgan fingerprint density at radius 1 is 1.11 bits per heavy atom. The number of benzene rings is 2. The number of carbonyl (C=O) groups excluding carboxylic acids is 1. The molecule has 0 aliphatic heterocycles. The second kappa shape index (κ2) is 8.43. The van der Waals surface area contributed by atoms with E-state index in [1.165, 1.54) is 12.1 Å². The molecule has 0 saturated carbocycles. The van der Waals surface area contributed by atoms with Gasteiger partial charge in [-0.25, -0.2) is 0 Å². The molecule has 0 spiro atoms. The maximum Gasteiger partial charge on any atom is 0.419 e. The zero-order valence-corrected chi connectivity index (χ0v) is 15.3. The van der Waals surface area contributed by atoms with Gasteiger partial charge in [-0.1, -0.05) is 19.1 Å². The Labute approximate surface area is 155 Å². The Balaban J connectivity index is 2.39. The molecule has 1 N–H and O–H groups in total. The van der Waals surface area contributed by atoms with Crippen LogP contribution in [0.1, 0.15) is 41.2 Å². The Morgan fingerprint density at radius 2 is 1.78 bits per heavy atom. The summed E-state index contributed by atoms with van der Waals surface area (Å²) in [7, 11) is 0. The van der Waals surface area contributed by atoms with Gasteiger partial charge in [-0.2, -0.15) is 13.2 Å². The van der Waals surface area contributed by atoms with Crippen LogP contribution in [0.4, 0.5) is 13.2 Å². The molecule has 0 saturated heterocycles. The third-order valence-corrected chi connectivity index (χ3v) is 4.19. The number of ether oxygens (including phenoxy) is 2. The predicted molar refractivity (Wildman–Crippen MR) is 93.5 cm³/mol. The molecular weight excluding hydrogens is 361 g/mol. The molecule has 0 unspecified atom stereocenters. The monoisotopic (exact) mass is 382 g/mol. The normalized spacial score (nSPS) is 11.4. The Kier molecular flexibility index (Phi) is 6.49. The van der Waals surface area contributed by atoms with Crippen LogP contribution in [0.25, 0.3) is 0 Å². The first kappa shape index (κ1) is 20.8. The highest BCUT2D eigenvalue weighted by molar-refractivity contribution is 5.72. The van der Waals surface area contributed by atoms with E-state index < -0.39 is 17.7 Å². The standard InChI is InChI=1S/C20H21F3O4/c1-4-19(25)27-17-7-5-6-14(10-24)15(17)11-26-18-9-13(3)12(2)8-16(18)20(21,22)23/h5-9,24H,4,10-11H2,1-3H3. The molecule has 0 fully saturated rings. The van der Waals surface area contributed by atoms with Crippen molar-refractivity contribution in [2.45, 2.75) is 46.6 Å². The molecule has 0 bridgehead atoms. The van der Waals surface area contributed by atoms with Crippen molar-refractivity contribution in [3.8, 4) is 11.5 Å². The van der Waals surface area contributed by atoms with Crippen molar-refractivity contribution < 1.29 is 32.5 Å². The van der Waals surface area contributed by atoms with Crippen molar-refractivity contribution in [1.29, 1.82) is 0 Å². The first-order chi connectivity index (χ1) is 12.7. The lowest BCUT2D eigenvalue weighted by molar-refractivity contribution is -0.139. The van der Waals surface area contributed by atoms with Gasteiger partial charge in [-0.05, 0) is 48.7 Å². The maximum atomic E-state index is 13.3. The quantitative estimate of drug-likeness (QED) is 0.581. The third-order valence-electron chi connectivity index (χ3n) is 4.19. The minimum absolute atomic E-state index is 0.138. The fraction of sp³-hybridized carbons (Fsp3) is 0.350. The highest BCUT2D eigenvalue weighted by Crippen LogP contribution is 2.38. The van der Waals surface area contributed by atoms with Crippen molar-refractivity contribution in [3.05, 3.63) is 58.1 Å². The van der Waals surface area contributed by atoms with Crippen LogP contribution in [0.2, 0.25) is 0 Å². The number of rotatable bonds is 6. The van der Waals surface area contributed by atoms with Crippen molar-refractivity contribution in [1.82, 2.24) is 0 Å². The number of alkyl halides is 3. The summed E-state index contributed by atoms with van der Waals surface area (Å²) in [6.07, 6.45) is -4.43. The van der Waals surface area contributed by atoms with Crippen LogP contribution in [-0.2, 0) is 24.2 Å². The highest BCUT2D eigenvalue weighted by atomic mass is 19.4. The van der Waals surface area contributed by atoms with E-state index in [2.05, 4.69) is 0 Å². The minimum Gasteiger partial charge on any atom is -0.488 e. The van der Waals surface area contributed by atoms with E-state index in [1.54, 1.807) is 32.9 Å². The van der Waals surface area contributed by atoms with Crippen molar-refractivity contribution in [2.75, 3.05) is 0 Å². The van der Waals surface area contributed by atoms with E-state index in [1.807, 2.05) is 0 Å². The summed E-state index contributed by atoms with van der Waals surface area (Å²) in [6, 6.07) is 7.06.